The number of sulfone groups is 1. The minimum atomic E-state index is -2.89. The Balaban J connectivity index is 1.73. The van der Waals surface area contributed by atoms with E-state index in [0.717, 1.165) is 5.56 Å². The van der Waals surface area contributed by atoms with Gasteiger partial charge in [0.15, 0.2) is 5.82 Å². The molecule has 21 heavy (non-hydrogen) atoms. The van der Waals surface area contributed by atoms with Crippen molar-refractivity contribution in [2.75, 3.05) is 18.6 Å². The Morgan fingerprint density at radius 3 is 2.71 bits per heavy atom. The first-order valence-corrected chi connectivity index (χ1v) is 8.83. The number of benzene rings is 1. The van der Waals surface area contributed by atoms with Crippen molar-refractivity contribution in [2.45, 2.75) is 19.4 Å². The summed E-state index contributed by atoms with van der Waals surface area (Å²) >= 11 is 0. The predicted molar refractivity (Wildman–Crippen MR) is 79.6 cm³/mol. The van der Waals surface area contributed by atoms with Crippen molar-refractivity contribution in [1.82, 2.24) is 15.5 Å². The first-order valence-electron chi connectivity index (χ1n) is 6.77. The van der Waals surface area contributed by atoms with Gasteiger partial charge in [0.25, 0.3) is 0 Å². The summed E-state index contributed by atoms with van der Waals surface area (Å²) in [5.74, 6) is 1.35. The van der Waals surface area contributed by atoms with Gasteiger partial charge in [0.2, 0.25) is 5.89 Å². The van der Waals surface area contributed by atoms with Crippen molar-refractivity contribution < 1.29 is 12.9 Å². The molecule has 2 aromatic rings. The lowest BCUT2D eigenvalue weighted by molar-refractivity contribution is 0.363. The quantitative estimate of drug-likeness (QED) is 0.737. The standard InChI is InChI=1S/C14H19N3O3S/c1-21(18,19)9-5-8-15-11-14-16-13(17-20-14)10-12-6-3-2-4-7-12/h2-4,6-7,15H,5,8-11H2,1H3. The zero-order valence-electron chi connectivity index (χ0n) is 11.9. The highest BCUT2D eigenvalue weighted by atomic mass is 32.2. The summed E-state index contributed by atoms with van der Waals surface area (Å²) in [4.78, 5) is 4.29. The molecule has 1 N–H and O–H groups in total. The summed E-state index contributed by atoms with van der Waals surface area (Å²) in [6.45, 7) is 1.05. The van der Waals surface area contributed by atoms with Crippen molar-refractivity contribution >= 4 is 9.84 Å². The zero-order valence-corrected chi connectivity index (χ0v) is 12.8. The molecule has 0 bridgehead atoms. The third-order valence-corrected chi connectivity index (χ3v) is 3.89. The van der Waals surface area contributed by atoms with E-state index in [4.69, 9.17) is 4.52 Å². The number of hydrogen-bond donors (Lipinski definition) is 1. The third-order valence-electron chi connectivity index (χ3n) is 2.86. The molecule has 0 aliphatic carbocycles. The molecule has 0 atom stereocenters. The van der Waals surface area contributed by atoms with Crippen molar-refractivity contribution in [2.24, 2.45) is 0 Å². The Kier molecular flexibility index (Phi) is 5.46. The van der Waals surface area contributed by atoms with Crippen LogP contribution >= 0.6 is 0 Å². The molecule has 1 aromatic heterocycles. The summed E-state index contributed by atoms with van der Waals surface area (Å²) in [5.41, 5.74) is 1.13. The predicted octanol–water partition coefficient (Wildman–Crippen LogP) is 1.18. The minimum absolute atomic E-state index is 0.184. The molecule has 114 valence electrons. The largest absolute Gasteiger partial charge is 0.338 e. The van der Waals surface area contributed by atoms with Crippen LogP contribution in [-0.2, 0) is 22.8 Å². The van der Waals surface area contributed by atoms with Crippen LogP contribution in [0.15, 0.2) is 34.9 Å². The second-order valence-corrected chi connectivity index (χ2v) is 7.19. The fourth-order valence-electron chi connectivity index (χ4n) is 1.87. The van der Waals surface area contributed by atoms with Crippen molar-refractivity contribution in [1.29, 1.82) is 0 Å². The molecule has 0 radical (unpaired) electrons. The molecule has 0 saturated carbocycles. The van der Waals surface area contributed by atoms with Gasteiger partial charge in [-0.2, -0.15) is 4.98 Å². The van der Waals surface area contributed by atoms with Crippen molar-refractivity contribution in [3.63, 3.8) is 0 Å². The average molecular weight is 309 g/mol. The SMILES string of the molecule is CS(=O)(=O)CCCNCc1nc(Cc2ccccc2)no1. The maximum absolute atomic E-state index is 11.0. The second-order valence-electron chi connectivity index (χ2n) is 4.93. The van der Waals surface area contributed by atoms with Gasteiger partial charge in [-0.05, 0) is 18.5 Å². The number of nitrogens with one attached hydrogen (secondary N) is 1. The molecule has 0 spiro atoms. The van der Waals surface area contributed by atoms with Gasteiger partial charge in [0.1, 0.15) is 9.84 Å². The van der Waals surface area contributed by atoms with Gasteiger partial charge in [-0.25, -0.2) is 8.42 Å². The van der Waals surface area contributed by atoms with Crippen LogP contribution < -0.4 is 5.32 Å². The summed E-state index contributed by atoms with van der Waals surface area (Å²) in [7, 11) is -2.89. The molecule has 0 fully saturated rings. The van der Waals surface area contributed by atoms with Crippen LogP contribution in [-0.4, -0.2) is 37.1 Å². The van der Waals surface area contributed by atoms with E-state index in [1.807, 2.05) is 30.3 Å². The molecule has 0 amide bonds. The van der Waals surface area contributed by atoms with Crippen molar-refractivity contribution in [3.05, 3.63) is 47.6 Å². The minimum Gasteiger partial charge on any atom is -0.338 e. The molecule has 0 aliphatic rings. The molecule has 2 rings (SSSR count). The summed E-state index contributed by atoms with van der Waals surface area (Å²) in [5, 5.41) is 7.02. The van der Waals surface area contributed by atoms with Crippen LogP contribution in [0.3, 0.4) is 0 Å². The summed E-state index contributed by atoms with van der Waals surface area (Å²) < 4.78 is 27.1. The highest BCUT2D eigenvalue weighted by molar-refractivity contribution is 7.90. The van der Waals surface area contributed by atoms with Crippen LogP contribution in [0.25, 0.3) is 0 Å². The monoisotopic (exact) mass is 309 g/mol. The summed E-state index contributed by atoms with van der Waals surface area (Å²) in [6, 6.07) is 9.93. The van der Waals surface area contributed by atoms with E-state index < -0.39 is 9.84 Å². The van der Waals surface area contributed by atoms with E-state index in [-0.39, 0.29) is 5.75 Å². The average Bonchev–Trinajstić information content (AvgIpc) is 2.86. The Morgan fingerprint density at radius 2 is 2.00 bits per heavy atom. The highest BCUT2D eigenvalue weighted by Crippen LogP contribution is 2.06. The molecule has 1 heterocycles. The summed E-state index contributed by atoms with van der Waals surface area (Å²) in [6.07, 6.45) is 2.45. The first kappa shape index (κ1) is 15.7. The lowest BCUT2D eigenvalue weighted by Gasteiger charge is -2.00. The van der Waals surface area contributed by atoms with Gasteiger partial charge in [-0.3, -0.25) is 0 Å². The lowest BCUT2D eigenvalue weighted by atomic mass is 10.1. The number of hydrogen-bond acceptors (Lipinski definition) is 6. The van der Waals surface area contributed by atoms with Gasteiger partial charge in [-0.1, -0.05) is 35.5 Å². The maximum Gasteiger partial charge on any atom is 0.240 e. The number of nitrogens with zero attached hydrogens (tertiary/aromatic N) is 2. The molecule has 0 saturated heterocycles. The molecular weight excluding hydrogens is 290 g/mol. The van der Waals surface area contributed by atoms with E-state index in [0.29, 0.717) is 37.6 Å². The Hall–Kier alpha value is -1.73. The molecule has 7 heteroatoms. The number of rotatable bonds is 8. The van der Waals surface area contributed by atoms with Crippen LogP contribution in [0, 0.1) is 0 Å². The lowest BCUT2D eigenvalue weighted by Crippen LogP contribution is -2.18. The van der Waals surface area contributed by atoms with Crippen molar-refractivity contribution in [3.8, 4) is 0 Å². The van der Waals surface area contributed by atoms with E-state index in [9.17, 15) is 8.42 Å². The van der Waals surface area contributed by atoms with E-state index in [2.05, 4.69) is 15.5 Å². The van der Waals surface area contributed by atoms with E-state index >= 15 is 0 Å². The normalized spacial score (nSPS) is 11.7. The highest BCUT2D eigenvalue weighted by Gasteiger charge is 2.07. The Morgan fingerprint density at radius 1 is 1.24 bits per heavy atom. The third kappa shape index (κ3) is 6.05. The zero-order chi connectivity index (χ0) is 15.1. The molecule has 0 aliphatic heterocycles. The smallest absolute Gasteiger partial charge is 0.240 e. The topological polar surface area (TPSA) is 85.1 Å². The fraction of sp³-hybridized carbons (Fsp3) is 0.429. The fourth-order valence-corrected chi connectivity index (χ4v) is 2.54. The van der Waals surface area contributed by atoms with Gasteiger partial charge < -0.3 is 9.84 Å². The second kappa shape index (κ2) is 7.33. The maximum atomic E-state index is 11.0. The Bertz CT molecular complexity index is 653. The molecule has 6 nitrogen and oxygen atoms in total. The number of aromatic nitrogens is 2. The molecule has 0 unspecified atom stereocenters. The van der Waals surface area contributed by atoms with Gasteiger partial charge in [0.05, 0.1) is 12.3 Å². The van der Waals surface area contributed by atoms with Gasteiger partial charge in [-0.15, -0.1) is 0 Å². The molecule has 1 aromatic carbocycles. The van der Waals surface area contributed by atoms with E-state index in [1.54, 1.807) is 0 Å². The van der Waals surface area contributed by atoms with Crippen LogP contribution in [0.5, 0.6) is 0 Å². The Labute approximate surface area is 124 Å². The van der Waals surface area contributed by atoms with Gasteiger partial charge in [0, 0.05) is 12.7 Å². The van der Waals surface area contributed by atoms with Crippen LogP contribution in [0.2, 0.25) is 0 Å². The molecular formula is C14H19N3O3S. The van der Waals surface area contributed by atoms with E-state index in [1.165, 1.54) is 6.26 Å². The van der Waals surface area contributed by atoms with Gasteiger partial charge >= 0.3 is 0 Å². The van der Waals surface area contributed by atoms with Crippen LogP contribution in [0.4, 0.5) is 0 Å². The van der Waals surface area contributed by atoms with Crippen LogP contribution in [0.1, 0.15) is 23.7 Å². The first-order chi connectivity index (χ1) is 10.0.